The van der Waals surface area contributed by atoms with E-state index < -0.39 is 0 Å². The lowest BCUT2D eigenvalue weighted by Crippen LogP contribution is -2.15. The van der Waals surface area contributed by atoms with E-state index in [-0.39, 0.29) is 6.04 Å². The summed E-state index contributed by atoms with van der Waals surface area (Å²) in [5.41, 5.74) is 0. The normalized spacial score (nSPS) is 12.0. The van der Waals surface area contributed by atoms with Gasteiger partial charge in [-0.25, -0.2) is 4.98 Å². The van der Waals surface area contributed by atoms with Gasteiger partial charge in [-0.2, -0.15) is 4.37 Å². The Hall–Kier alpha value is -1.08. The van der Waals surface area contributed by atoms with Crippen molar-refractivity contribution in [1.82, 2.24) is 9.36 Å². The first kappa shape index (κ1) is 8.02. The molecule has 11 heavy (non-hydrogen) atoms. The standard InChI is InChI=1S/C7H9N3S/c1-3-6(4-2)10-7-8-5-9-11-7/h1,5-6H,4H2,2H3,(H,8,9,10). The number of hydrogen-bond acceptors (Lipinski definition) is 4. The van der Waals surface area contributed by atoms with E-state index in [4.69, 9.17) is 6.42 Å². The van der Waals surface area contributed by atoms with E-state index in [0.717, 1.165) is 11.6 Å². The fraction of sp³-hybridized carbons (Fsp3) is 0.429. The second kappa shape index (κ2) is 3.94. The molecule has 0 spiro atoms. The third-order valence-electron chi connectivity index (χ3n) is 1.27. The SMILES string of the molecule is C#CC(CC)Nc1ncns1. The van der Waals surface area contributed by atoms with Gasteiger partial charge in [0, 0.05) is 11.5 Å². The van der Waals surface area contributed by atoms with Crippen LogP contribution in [0, 0.1) is 12.3 Å². The van der Waals surface area contributed by atoms with Crippen LogP contribution in [0.4, 0.5) is 5.13 Å². The lowest BCUT2D eigenvalue weighted by molar-refractivity contribution is 0.856. The molecule has 0 aromatic carbocycles. The van der Waals surface area contributed by atoms with Gasteiger partial charge < -0.3 is 5.32 Å². The van der Waals surface area contributed by atoms with Crippen molar-refractivity contribution in [3.8, 4) is 12.3 Å². The molecule has 0 aliphatic carbocycles. The minimum atomic E-state index is 0.0722. The fourth-order valence-electron chi connectivity index (χ4n) is 0.647. The fourth-order valence-corrected chi connectivity index (χ4v) is 1.13. The van der Waals surface area contributed by atoms with Gasteiger partial charge in [-0.3, -0.25) is 0 Å². The van der Waals surface area contributed by atoms with E-state index in [0.29, 0.717) is 0 Å². The molecular formula is C7H9N3S. The summed E-state index contributed by atoms with van der Waals surface area (Å²) in [6.07, 6.45) is 7.65. The molecular weight excluding hydrogens is 158 g/mol. The third kappa shape index (κ3) is 2.20. The highest BCUT2D eigenvalue weighted by Crippen LogP contribution is 2.08. The zero-order valence-electron chi connectivity index (χ0n) is 6.24. The molecule has 0 aliphatic heterocycles. The van der Waals surface area contributed by atoms with Crippen LogP contribution < -0.4 is 5.32 Å². The molecule has 1 aromatic heterocycles. The zero-order valence-corrected chi connectivity index (χ0v) is 7.06. The van der Waals surface area contributed by atoms with Crippen LogP contribution in [-0.2, 0) is 0 Å². The lowest BCUT2D eigenvalue weighted by Gasteiger charge is -2.06. The van der Waals surface area contributed by atoms with Crippen LogP contribution in [0.15, 0.2) is 6.33 Å². The maximum atomic E-state index is 5.24. The van der Waals surface area contributed by atoms with Gasteiger partial charge in [0.25, 0.3) is 0 Å². The second-order valence-electron chi connectivity index (χ2n) is 2.02. The summed E-state index contributed by atoms with van der Waals surface area (Å²) in [7, 11) is 0. The van der Waals surface area contributed by atoms with Gasteiger partial charge in [-0.15, -0.1) is 6.42 Å². The number of terminal acetylenes is 1. The van der Waals surface area contributed by atoms with Gasteiger partial charge in [0.1, 0.15) is 6.33 Å². The maximum Gasteiger partial charge on any atom is 0.203 e. The summed E-state index contributed by atoms with van der Waals surface area (Å²) in [5.74, 6) is 2.62. The van der Waals surface area contributed by atoms with E-state index in [1.807, 2.05) is 6.92 Å². The van der Waals surface area contributed by atoms with Crippen LogP contribution in [0.5, 0.6) is 0 Å². The van der Waals surface area contributed by atoms with E-state index >= 15 is 0 Å². The molecule has 0 saturated carbocycles. The van der Waals surface area contributed by atoms with Crippen molar-refractivity contribution in [2.24, 2.45) is 0 Å². The van der Waals surface area contributed by atoms with Crippen molar-refractivity contribution < 1.29 is 0 Å². The van der Waals surface area contributed by atoms with Crippen LogP contribution >= 0.6 is 11.5 Å². The molecule has 1 unspecified atom stereocenters. The average Bonchev–Trinajstić information content (AvgIpc) is 2.52. The summed E-state index contributed by atoms with van der Waals surface area (Å²) in [6, 6.07) is 0.0722. The van der Waals surface area contributed by atoms with Crippen molar-refractivity contribution in [1.29, 1.82) is 0 Å². The Morgan fingerprint density at radius 3 is 3.18 bits per heavy atom. The van der Waals surface area contributed by atoms with Gasteiger partial charge in [-0.05, 0) is 6.42 Å². The summed E-state index contributed by atoms with van der Waals surface area (Å²) < 4.78 is 3.84. The highest BCUT2D eigenvalue weighted by atomic mass is 32.1. The number of rotatable bonds is 3. The van der Waals surface area contributed by atoms with Crippen molar-refractivity contribution in [3.05, 3.63) is 6.33 Å². The maximum absolute atomic E-state index is 5.24. The molecule has 3 nitrogen and oxygen atoms in total. The molecule has 0 saturated heterocycles. The quantitative estimate of drug-likeness (QED) is 0.691. The lowest BCUT2D eigenvalue weighted by atomic mass is 10.2. The van der Waals surface area contributed by atoms with E-state index in [2.05, 4.69) is 20.6 Å². The molecule has 0 amide bonds. The highest BCUT2D eigenvalue weighted by molar-refractivity contribution is 7.09. The molecule has 4 heteroatoms. The van der Waals surface area contributed by atoms with Crippen molar-refractivity contribution in [2.45, 2.75) is 19.4 Å². The van der Waals surface area contributed by atoms with Crippen LogP contribution in [0.1, 0.15) is 13.3 Å². The Labute approximate surface area is 70.0 Å². The Morgan fingerprint density at radius 1 is 1.91 bits per heavy atom. The summed E-state index contributed by atoms with van der Waals surface area (Å²) in [4.78, 5) is 3.95. The van der Waals surface area contributed by atoms with Crippen LogP contribution in [-0.4, -0.2) is 15.4 Å². The minimum Gasteiger partial charge on any atom is -0.347 e. The van der Waals surface area contributed by atoms with Gasteiger partial charge in [0.15, 0.2) is 0 Å². The molecule has 58 valence electrons. The van der Waals surface area contributed by atoms with Crippen molar-refractivity contribution in [2.75, 3.05) is 5.32 Å². The molecule has 1 N–H and O–H groups in total. The monoisotopic (exact) mass is 167 g/mol. The molecule has 1 rings (SSSR count). The average molecular weight is 167 g/mol. The Balaban J connectivity index is 2.49. The number of nitrogens with one attached hydrogen (secondary N) is 1. The van der Waals surface area contributed by atoms with E-state index in [1.165, 1.54) is 17.9 Å². The summed E-state index contributed by atoms with van der Waals surface area (Å²) in [6.45, 7) is 2.03. The van der Waals surface area contributed by atoms with Gasteiger partial charge in [0.2, 0.25) is 5.13 Å². The van der Waals surface area contributed by atoms with Crippen LogP contribution in [0.2, 0.25) is 0 Å². The van der Waals surface area contributed by atoms with Gasteiger partial charge in [-0.1, -0.05) is 12.8 Å². The smallest absolute Gasteiger partial charge is 0.203 e. The van der Waals surface area contributed by atoms with Crippen molar-refractivity contribution >= 4 is 16.7 Å². The minimum absolute atomic E-state index is 0.0722. The second-order valence-corrected chi connectivity index (χ2v) is 2.80. The van der Waals surface area contributed by atoms with E-state index in [9.17, 15) is 0 Å². The molecule has 0 fully saturated rings. The molecule has 1 atom stereocenters. The summed E-state index contributed by atoms with van der Waals surface area (Å²) in [5, 5.41) is 3.85. The van der Waals surface area contributed by atoms with E-state index in [1.54, 1.807) is 0 Å². The number of anilines is 1. The molecule has 0 bridgehead atoms. The highest BCUT2D eigenvalue weighted by Gasteiger charge is 2.02. The topological polar surface area (TPSA) is 37.8 Å². The van der Waals surface area contributed by atoms with Crippen LogP contribution in [0.3, 0.4) is 0 Å². The number of hydrogen-bond donors (Lipinski definition) is 1. The first-order valence-corrected chi connectivity index (χ1v) is 4.13. The van der Waals surface area contributed by atoms with Crippen molar-refractivity contribution in [3.63, 3.8) is 0 Å². The first-order chi connectivity index (χ1) is 5.36. The predicted octanol–water partition coefficient (Wildman–Crippen LogP) is 1.36. The Kier molecular flexibility index (Phi) is 2.87. The van der Waals surface area contributed by atoms with Gasteiger partial charge in [0.05, 0.1) is 6.04 Å². The Bertz CT molecular complexity index is 237. The number of aromatic nitrogens is 2. The van der Waals surface area contributed by atoms with Crippen LogP contribution in [0.25, 0.3) is 0 Å². The zero-order chi connectivity index (χ0) is 8.10. The summed E-state index contributed by atoms with van der Waals surface area (Å²) >= 11 is 1.31. The van der Waals surface area contributed by atoms with Gasteiger partial charge >= 0.3 is 0 Å². The molecule has 1 heterocycles. The molecule has 1 aromatic rings. The Morgan fingerprint density at radius 2 is 2.73 bits per heavy atom. The number of nitrogens with zero attached hydrogens (tertiary/aromatic N) is 2. The third-order valence-corrected chi connectivity index (χ3v) is 1.86. The largest absolute Gasteiger partial charge is 0.347 e. The predicted molar refractivity (Wildman–Crippen MR) is 46.4 cm³/mol. The molecule has 0 aliphatic rings. The molecule has 0 radical (unpaired) electrons. The first-order valence-electron chi connectivity index (χ1n) is 3.36.